The van der Waals surface area contributed by atoms with E-state index in [9.17, 15) is 0 Å². The summed E-state index contributed by atoms with van der Waals surface area (Å²) in [5.74, 6) is 0. The molecule has 1 unspecified atom stereocenters. The van der Waals surface area contributed by atoms with Gasteiger partial charge in [-0.15, -0.1) is 4.52 Å². The van der Waals surface area contributed by atoms with Crippen LogP contribution in [-0.2, 0) is 10.8 Å². The molecule has 1 aliphatic rings. The van der Waals surface area contributed by atoms with E-state index in [0.29, 0.717) is 0 Å². The minimum Gasteiger partial charge on any atom is -0.416 e. The molecule has 0 aromatic heterocycles. The van der Waals surface area contributed by atoms with Crippen LogP contribution in [0, 0.1) is 0 Å². The molecular weight excluding hydrogens is 356 g/mol. The average Bonchev–Trinajstić information content (AvgIpc) is 2.72. The fraction of sp³-hybridized carbons (Fsp3) is 0.429. The van der Waals surface area contributed by atoms with E-state index in [4.69, 9.17) is 4.43 Å². The summed E-state index contributed by atoms with van der Waals surface area (Å²) in [7, 11) is -1.50. The first kappa shape index (κ1) is 19.3. The van der Waals surface area contributed by atoms with E-state index in [-0.39, 0.29) is 6.04 Å². The molecule has 0 radical (unpaired) electrons. The Balaban J connectivity index is 1.74. The summed E-state index contributed by atoms with van der Waals surface area (Å²) in [5.41, 5.74) is 3.79. The minimum atomic E-state index is -1.50. The van der Waals surface area contributed by atoms with Crippen LogP contribution in [0.2, 0.25) is 18.1 Å². The van der Waals surface area contributed by atoms with Gasteiger partial charge in [-0.1, -0.05) is 63.2 Å². The van der Waals surface area contributed by atoms with Crippen LogP contribution >= 0.6 is 11.9 Å². The van der Waals surface area contributed by atoms with Gasteiger partial charge >= 0.3 is 0 Å². The molecule has 0 aliphatic carbocycles. The highest BCUT2D eigenvalue weighted by molar-refractivity contribution is 7.98. The van der Waals surface area contributed by atoms with Crippen molar-refractivity contribution in [3.63, 3.8) is 0 Å². The maximum atomic E-state index is 6.43. The van der Waals surface area contributed by atoms with Crippen LogP contribution in [-0.4, -0.2) is 14.9 Å². The van der Waals surface area contributed by atoms with E-state index in [2.05, 4.69) is 72.9 Å². The van der Waals surface area contributed by atoms with Crippen LogP contribution in [0.5, 0.6) is 0 Å². The smallest absolute Gasteiger partial charge is 0.191 e. The summed E-state index contributed by atoms with van der Waals surface area (Å²) >= 11 is 1.47. The molecule has 1 aliphatic heterocycles. The van der Waals surface area contributed by atoms with Crippen LogP contribution in [0.15, 0.2) is 63.1 Å². The van der Waals surface area contributed by atoms with Crippen molar-refractivity contribution in [3.8, 4) is 0 Å². The molecular formula is C21H28N2OSSi. The van der Waals surface area contributed by atoms with Crippen LogP contribution in [0.1, 0.15) is 43.5 Å². The van der Waals surface area contributed by atoms with Gasteiger partial charge in [0.25, 0.3) is 0 Å². The highest BCUT2D eigenvalue weighted by atomic mass is 32.2. The average molecular weight is 385 g/mol. The Labute approximate surface area is 162 Å². The molecule has 0 saturated carbocycles. The Bertz CT molecular complexity index is 739. The quantitative estimate of drug-likeness (QED) is 0.370. The predicted octanol–water partition coefficient (Wildman–Crippen LogP) is 6.81. The molecule has 0 bridgehead atoms. The Kier molecular flexibility index (Phi) is 6.67. The van der Waals surface area contributed by atoms with Crippen molar-refractivity contribution in [1.29, 1.82) is 0 Å². The third-order valence-electron chi connectivity index (χ3n) is 5.52. The Morgan fingerprint density at radius 1 is 1.00 bits per heavy atom. The van der Waals surface area contributed by atoms with Crippen molar-refractivity contribution in [2.75, 3.05) is 6.61 Å². The van der Waals surface area contributed by atoms with Gasteiger partial charge in [0.15, 0.2) is 8.32 Å². The molecule has 0 spiro atoms. The van der Waals surface area contributed by atoms with Crippen molar-refractivity contribution in [1.82, 2.24) is 0 Å². The van der Waals surface area contributed by atoms with E-state index < -0.39 is 8.32 Å². The monoisotopic (exact) mass is 384 g/mol. The highest BCUT2D eigenvalue weighted by Gasteiger charge is 2.28. The minimum absolute atomic E-state index is 0.00343. The van der Waals surface area contributed by atoms with E-state index in [1.165, 1.54) is 51.7 Å². The van der Waals surface area contributed by atoms with Crippen LogP contribution < -0.4 is 0 Å². The second-order valence-electron chi connectivity index (χ2n) is 6.82. The van der Waals surface area contributed by atoms with Gasteiger partial charge in [-0.3, -0.25) is 0 Å². The maximum Gasteiger partial charge on any atom is 0.191 e. The van der Waals surface area contributed by atoms with Gasteiger partial charge in [-0.05, 0) is 47.3 Å². The second kappa shape index (κ2) is 8.98. The Morgan fingerprint density at radius 3 is 2.42 bits per heavy atom. The van der Waals surface area contributed by atoms with Crippen molar-refractivity contribution in [2.24, 2.45) is 9.63 Å². The lowest BCUT2D eigenvalue weighted by Gasteiger charge is -2.28. The third-order valence-corrected chi connectivity index (χ3v) is 10.9. The lowest BCUT2D eigenvalue weighted by Crippen LogP contribution is -2.36. The summed E-state index contributed by atoms with van der Waals surface area (Å²) < 4.78 is 10.7. The Hall–Kier alpha value is -1.43. The van der Waals surface area contributed by atoms with Gasteiger partial charge in [-0.2, -0.15) is 5.11 Å². The molecule has 2 aromatic carbocycles. The van der Waals surface area contributed by atoms with Gasteiger partial charge in [0.05, 0.1) is 0 Å². The van der Waals surface area contributed by atoms with E-state index in [1.807, 2.05) is 6.07 Å². The predicted molar refractivity (Wildman–Crippen MR) is 112 cm³/mol. The number of rotatable bonds is 8. The zero-order valence-electron chi connectivity index (χ0n) is 15.9. The molecule has 2 aromatic rings. The lowest BCUT2D eigenvalue weighted by molar-refractivity contribution is 0.303. The lowest BCUT2D eigenvalue weighted by atomic mass is 9.97. The van der Waals surface area contributed by atoms with Gasteiger partial charge < -0.3 is 4.43 Å². The standard InChI is InChI=1S/C21H28N2OSSi/c1-4-26(5-2,6-3)24-15-14-17-12-13-20-19(16-17)21(22-23-25-20)18-10-8-7-9-11-18/h7-13,16,21H,4-6,14-15H2,1-3H3. The van der Waals surface area contributed by atoms with Crippen LogP contribution in [0.25, 0.3) is 0 Å². The molecule has 0 saturated heterocycles. The first-order valence-corrected chi connectivity index (χ1v) is 12.9. The molecule has 26 heavy (non-hydrogen) atoms. The highest BCUT2D eigenvalue weighted by Crippen LogP contribution is 2.40. The molecule has 0 amide bonds. The fourth-order valence-electron chi connectivity index (χ4n) is 3.55. The molecule has 1 heterocycles. The molecule has 0 N–H and O–H groups in total. The second-order valence-corrected chi connectivity index (χ2v) is 12.4. The van der Waals surface area contributed by atoms with Gasteiger partial charge in [0.1, 0.15) is 6.04 Å². The summed E-state index contributed by atoms with van der Waals surface area (Å²) in [4.78, 5) is 1.21. The zero-order valence-corrected chi connectivity index (χ0v) is 17.8. The van der Waals surface area contributed by atoms with Gasteiger partial charge in [0, 0.05) is 23.5 Å². The van der Waals surface area contributed by atoms with Crippen molar-refractivity contribution >= 4 is 20.3 Å². The Morgan fingerprint density at radius 2 is 1.73 bits per heavy atom. The normalized spacial score (nSPS) is 16.5. The van der Waals surface area contributed by atoms with E-state index >= 15 is 0 Å². The van der Waals surface area contributed by atoms with E-state index in [0.717, 1.165) is 13.0 Å². The number of hydrogen-bond donors (Lipinski definition) is 0. The van der Waals surface area contributed by atoms with Crippen molar-refractivity contribution in [3.05, 3.63) is 65.2 Å². The number of benzene rings is 2. The van der Waals surface area contributed by atoms with Crippen molar-refractivity contribution in [2.45, 2.75) is 56.3 Å². The molecule has 5 heteroatoms. The first-order chi connectivity index (χ1) is 12.7. The van der Waals surface area contributed by atoms with Gasteiger partial charge in [-0.25, -0.2) is 0 Å². The molecule has 3 nitrogen and oxygen atoms in total. The SMILES string of the molecule is CC[Si](CC)(CC)OCCc1ccc2c(c1)C(c1ccccc1)N=NS2. The van der Waals surface area contributed by atoms with Crippen molar-refractivity contribution < 1.29 is 4.43 Å². The summed E-state index contributed by atoms with van der Waals surface area (Å²) in [6.45, 7) is 7.67. The number of hydrogen-bond acceptors (Lipinski definition) is 4. The molecule has 138 valence electrons. The van der Waals surface area contributed by atoms with Crippen LogP contribution in [0.3, 0.4) is 0 Å². The molecule has 3 rings (SSSR count). The zero-order chi connectivity index (χ0) is 18.4. The van der Waals surface area contributed by atoms with Crippen LogP contribution in [0.4, 0.5) is 0 Å². The maximum absolute atomic E-state index is 6.43. The van der Waals surface area contributed by atoms with Gasteiger partial charge in [0.2, 0.25) is 0 Å². The molecule has 1 atom stereocenters. The van der Waals surface area contributed by atoms with E-state index in [1.54, 1.807) is 0 Å². The summed E-state index contributed by atoms with van der Waals surface area (Å²) in [6.07, 6.45) is 0.964. The third kappa shape index (κ3) is 4.27. The fourth-order valence-corrected chi connectivity index (χ4v) is 6.83. The summed E-state index contributed by atoms with van der Waals surface area (Å²) in [6, 6.07) is 20.7. The largest absolute Gasteiger partial charge is 0.416 e. The first-order valence-electron chi connectivity index (χ1n) is 9.60. The summed E-state index contributed by atoms with van der Waals surface area (Å²) in [5, 5.41) is 4.51. The topological polar surface area (TPSA) is 34.0 Å². The number of fused-ring (bicyclic) bond motifs is 1. The number of nitrogens with zero attached hydrogens (tertiary/aromatic N) is 2. The molecule has 0 fully saturated rings.